The molecule has 1 N–H and O–H groups in total. The maximum Gasteiger partial charge on any atom is 0.0412 e. The van der Waals surface area contributed by atoms with Crippen LogP contribution in [0, 0.1) is 0 Å². The average molecular weight is 178 g/mol. The molecule has 0 spiro atoms. The van der Waals surface area contributed by atoms with Gasteiger partial charge in [-0.1, -0.05) is 17.7 Å². The Morgan fingerprint density at radius 2 is 1.75 bits per heavy atom. The lowest BCUT2D eigenvalue weighted by Crippen LogP contribution is -1.86. The number of hydrogen-bond donors (Lipinski definition) is 1. The van der Waals surface area contributed by atoms with Crippen LogP contribution in [0.5, 0.6) is 0 Å². The number of benzene rings is 1. The molecule has 0 fully saturated rings. The van der Waals surface area contributed by atoms with Crippen LogP contribution in [0.2, 0.25) is 5.02 Å². The van der Waals surface area contributed by atoms with Gasteiger partial charge in [0.05, 0.1) is 0 Å². The second-order valence-corrected chi connectivity index (χ2v) is 3.04. The fourth-order valence-corrected chi connectivity index (χ4v) is 1.35. The summed E-state index contributed by atoms with van der Waals surface area (Å²) in [5, 5.41) is 3.78. The molecule has 0 saturated heterocycles. The lowest BCUT2D eigenvalue weighted by atomic mass is 10.1. The zero-order chi connectivity index (χ0) is 8.39. The number of fused-ring (bicyclic) bond motifs is 1. The molecule has 2 rings (SSSR count). The zero-order valence-corrected chi connectivity index (χ0v) is 7.18. The smallest absolute Gasteiger partial charge is 0.0412 e. The van der Waals surface area contributed by atoms with Gasteiger partial charge in [0, 0.05) is 17.4 Å². The summed E-state index contributed by atoms with van der Waals surface area (Å²) in [6.07, 6.45) is 7.81. The van der Waals surface area contributed by atoms with Gasteiger partial charge in [-0.25, -0.2) is 0 Å². The molecule has 0 bridgehead atoms. The molecule has 1 aliphatic rings. The van der Waals surface area contributed by atoms with Gasteiger partial charge in [-0.05, 0) is 35.4 Å². The molecule has 1 aliphatic heterocycles. The molecule has 1 aromatic rings. The van der Waals surface area contributed by atoms with E-state index in [1.165, 1.54) is 5.56 Å². The highest BCUT2D eigenvalue weighted by Gasteiger charge is 1.98. The lowest BCUT2D eigenvalue weighted by molar-refractivity contribution is 1.22. The Bertz CT molecular complexity index is 353. The predicted molar refractivity (Wildman–Crippen MR) is 52.7 cm³/mol. The highest BCUT2D eigenvalue weighted by Crippen LogP contribution is 2.19. The molecule has 0 radical (unpaired) electrons. The van der Waals surface area contributed by atoms with Gasteiger partial charge in [-0.2, -0.15) is 0 Å². The Morgan fingerprint density at radius 3 is 2.58 bits per heavy atom. The molecular formula is C10H8ClN. The summed E-state index contributed by atoms with van der Waals surface area (Å²) >= 11 is 5.85. The third-order valence-corrected chi connectivity index (χ3v) is 2.00. The van der Waals surface area contributed by atoms with Crippen molar-refractivity contribution in [3.05, 3.63) is 46.7 Å². The van der Waals surface area contributed by atoms with Crippen LogP contribution < -0.4 is 5.32 Å². The molecule has 1 aromatic carbocycles. The fraction of sp³-hybridized carbons (Fsp3) is 0. The Hall–Kier alpha value is -1.21. The quantitative estimate of drug-likeness (QED) is 0.643. The molecule has 0 amide bonds. The molecule has 0 aliphatic carbocycles. The number of halogens is 1. The summed E-state index contributed by atoms with van der Waals surface area (Å²) in [5.41, 5.74) is 2.32. The molecule has 0 unspecified atom stereocenters. The molecule has 1 nitrogen and oxygen atoms in total. The van der Waals surface area contributed by atoms with E-state index in [0.29, 0.717) is 0 Å². The van der Waals surface area contributed by atoms with Crippen LogP contribution in [-0.4, -0.2) is 0 Å². The van der Waals surface area contributed by atoms with Crippen LogP contribution in [-0.2, 0) is 0 Å². The maximum absolute atomic E-state index is 5.85. The van der Waals surface area contributed by atoms with Crippen LogP contribution in [0.1, 0.15) is 11.1 Å². The van der Waals surface area contributed by atoms with Crippen molar-refractivity contribution in [2.24, 2.45) is 0 Å². The van der Waals surface area contributed by atoms with E-state index in [1.54, 1.807) is 0 Å². The van der Waals surface area contributed by atoms with E-state index < -0.39 is 0 Å². The van der Waals surface area contributed by atoms with Crippen LogP contribution in [0.15, 0.2) is 30.6 Å². The zero-order valence-electron chi connectivity index (χ0n) is 6.42. The van der Waals surface area contributed by atoms with E-state index >= 15 is 0 Å². The van der Waals surface area contributed by atoms with Crippen LogP contribution >= 0.6 is 11.6 Å². The Labute approximate surface area is 76.4 Å². The first-order valence-corrected chi connectivity index (χ1v) is 4.13. The Balaban J connectivity index is 2.58. The van der Waals surface area contributed by atoms with Crippen LogP contribution in [0.25, 0.3) is 12.2 Å². The first-order chi connectivity index (χ1) is 5.86. The topological polar surface area (TPSA) is 12.0 Å². The van der Waals surface area contributed by atoms with Crippen molar-refractivity contribution in [1.82, 2.24) is 5.32 Å². The standard InChI is InChI=1S/C10H8ClN/c11-10-2-1-8-3-5-12-6-4-9(8)7-10/h1-7,12H. The predicted octanol–water partition coefficient (Wildman–Crippen LogP) is 2.88. The monoisotopic (exact) mass is 177 g/mol. The summed E-state index contributed by atoms with van der Waals surface area (Å²) in [7, 11) is 0. The van der Waals surface area contributed by atoms with Crippen LogP contribution in [0.4, 0.5) is 0 Å². The van der Waals surface area contributed by atoms with E-state index in [2.05, 4.69) is 5.32 Å². The molecule has 12 heavy (non-hydrogen) atoms. The van der Waals surface area contributed by atoms with Gasteiger partial charge in [0.25, 0.3) is 0 Å². The van der Waals surface area contributed by atoms with Gasteiger partial charge in [-0.15, -0.1) is 0 Å². The molecule has 0 saturated carbocycles. The average Bonchev–Trinajstić information content (AvgIpc) is 2.28. The van der Waals surface area contributed by atoms with Gasteiger partial charge >= 0.3 is 0 Å². The molecule has 0 atom stereocenters. The summed E-state index contributed by atoms with van der Waals surface area (Å²) in [6.45, 7) is 0. The molecule has 1 heterocycles. The minimum atomic E-state index is 0.772. The van der Waals surface area contributed by atoms with E-state index in [1.807, 2.05) is 42.8 Å². The normalized spacial score (nSPS) is 13.4. The van der Waals surface area contributed by atoms with Crippen molar-refractivity contribution in [2.75, 3.05) is 0 Å². The van der Waals surface area contributed by atoms with Gasteiger partial charge in [-0.3, -0.25) is 0 Å². The summed E-state index contributed by atoms with van der Waals surface area (Å²) in [4.78, 5) is 0. The minimum Gasteiger partial charge on any atom is -0.368 e. The molecule has 0 aromatic heterocycles. The minimum absolute atomic E-state index is 0.772. The number of nitrogens with one attached hydrogen (secondary N) is 1. The summed E-state index contributed by atoms with van der Waals surface area (Å²) in [5.74, 6) is 0. The van der Waals surface area contributed by atoms with Crippen molar-refractivity contribution in [2.45, 2.75) is 0 Å². The SMILES string of the molecule is Clc1ccc2c(c1)C=CNC=C2. The number of hydrogen-bond acceptors (Lipinski definition) is 1. The van der Waals surface area contributed by atoms with E-state index in [0.717, 1.165) is 10.6 Å². The lowest BCUT2D eigenvalue weighted by Gasteiger charge is -1.98. The largest absolute Gasteiger partial charge is 0.368 e. The third kappa shape index (κ3) is 1.36. The molecule has 60 valence electrons. The van der Waals surface area contributed by atoms with E-state index in [4.69, 9.17) is 11.6 Å². The second-order valence-electron chi connectivity index (χ2n) is 2.61. The van der Waals surface area contributed by atoms with E-state index in [-0.39, 0.29) is 0 Å². The van der Waals surface area contributed by atoms with Gasteiger partial charge in [0.2, 0.25) is 0 Å². The van der Waals surface area contributed by atoms with Crippen molar-refractivity contribution in [3.63, 3.8) is 0 Å². The Morgan fingerprint density at radius 1 is 1.00 bits per heavy atom. The maximum atomic E-state index is 5.85. The second kappa shape index (κ2) is 3.03. The van der Waals surface area contributed by atoms with E-state index in [9.17, 15) is 0 Å². The fourth-order valence-electron chi connectivity index (χ4n) is 1.17. The number of rotatable bonds is 0. The highest BCUT2D eigenvalue weighted by atomic mass is 35.5. The van der Waals surface area contributed by atoms with Crippen molar-refractivity contribution < 1.29 is 0 Å². The first-order valence-electron chi connectivity index (χ1n) is 3.75. The van der Waals surface area contributed by atoms with Gasteiger partial charge in [0.1, 0.15) is 0 Å². The summed E-state index contributed by atoms with van der Waals surface area (Å²) < 4.78 is 0. The molecule has 2 heteroatoms. The van der Waals surface area contributed by atoms with Crippen LogP contribution in [0.3, 0.4) is 0 Å². The first kappa shape index (κ1) is 7.44. The molecular weight excluding hydrogens is 170 g/mol. The summed E-state index contributed by atoms with van der Waals surface area (Å²) in [6, 6.07) is 5.85. The van der Waals surface area contributed by atoms with Gasteiger partial charge in [0.15, 0.2) is 0 Å². The third-order valence-electron chi connectivity index (χ3n) is 1.77. The van der Waals surface area contributed by atoms with Crippen molar-refractivity contribution in [1.29, 1.82) is 0 Å². The van der Waals surface area contributed by atoms with Crippen molar-refractivity contribution >= 4 is 23.8 Å². The highest BCUT2D eigenvalue weighted by molar-refractivity contribution is 6.30. The van der Waals surface area contributed by atoms with Gasteiger partial charge < -0.3 is 5.32 Å². The Kier molecular flexibility index (Phi) is 1.88. The van der Waals surface area contributed by atoms with Crippen molar-refractivity contribution in [3.8, 4) is 0 Å².